The summed E-state index contributed by atoms with van der Waals surface area (Å²) in [6, 6.07) is 17.6. The smallest absolute Gasteiger partial charge is 0.417 e. The molecule has 314 valence electrons. The molecule has 0 radical (unpaired) electrons. The Morgan fingerprint density at radius 1 is 1.07 bits per heavy atom. The second-order valence-corrected chi connectivity index (χ2v) is 16.5. The second-order valence-electron chi connectivity index (χ2n) is 16.1. The molecule has 5 aromatic rings. The van der Waals surface area contributed by atoms with Crippen LogP contribution in [0.4, 0.5) is 34.6 Å². The summed E-state index contributed by atoms with van der Waals surface area (Å²) in [6.45, 7) is 3.87. The highest BCUT2D eigenvalue weighted by molar-refractivity contribution is 7.81. The van der Waals surface area contributed by atoms with E-state index in [2.05, 4.69) is 10.6 Å². The van der Waals surface area contributed by atoms with Crippen molar-refractivity contribution < 1.29 is 45.9 Å². The number of nitrogens with zero attached hydrogens (tertiary/aromatic N) is 4. The number of benzene rings is 4. The number of alkyl halides is 3. The van der Waals surface area contributed by atoms with Crippen LogP contribution in [0.2, 0.25) is 0 Å². The lowest BCUT2D eigenvalue weighted by Gasteiger charge is -2.29. The van der Waals surface area contributed by atoms with E-state index in [4.69, 9.17) is 21.4 Å². The molecule has 61 heavy (non-hydrogen) atoms. The summed E-state index contributed by atoms with van der Waals surface area (Å²) in [5.74, 6) is -2.84. The van der Waals surface area contributed by atoms with E-state index >= 15 is 4.39 Å². The van der Waals surface area contributed by atoms with Crippen molar-refractivity contribution in [2.24, 2.45) is 5.41 Å². The standard InChI is InChI=1S/C44H38F4N6O6S/c1-42(2)40(58)53(25-8-7-24(21-49)31(19-25)44(46,47)48)41(61)54(42)26-9-12-34(32(45)20-26)59-18-17-52(3)23-43(15-16-43)39(57)50-33-6-4-5-28-27(33)10-13-35-37(28)30(22-60-35)29-11-14-36(55)51-38(29)56/h4-10,12-13,19-20,22,29H,11,14-18,23H2,1-3H3,(H,50,57)(H,51,55,56). The van der Waals surface area contributed by atoms with Crippen molar-refractivity contribution >= 4 is 79.8 Å². The van der Waals surface area contributed by atoms with Crippen molar-refractivity contribution in [1.29, 1.82) is 5.26 Å². The summed E-state index contributed by atoms with van der Waals surface area (Å²) >= 11 is 5.57. The lowest BCUT2D eigenvalue weighted by atomic mass is 9.88. The fourth-order valence-electron chi connectivity index (χ4n) is 8.25. The van der Waals surface area contributed by atoms with Crippen LogP contribution in [0.1, 0.15) is 62.1 Å². The van der Waals surface area contributed by atoms with Crippen LogP contribution in [0.3, 0.4) is 0 Å². The zero-order chi connectivity index (χ0) is 43.6. The van der Waals surface area contributed by atoms with E-state index in [9.17, 15) is 37.6 Å². The fraction of sp³-hybridized carbons (Fsp3) is 0.318. The van der Waals surface area contributed by atoms with Gasteiger partial charge in [-0.05, 0) is 106 Å². The lowest BCUT2D eigenvalue weighted by Crippen LogP contribution is -2.44. The third-order valence-electron chi connectivity index (χ3n) is 11.7. The van der Waals surface area contributed by atoms with Gasteiger partial charge in [-0.2, -0.15) is 18.4 Å². The highest BCUT2D eigenvalue weighted by Gasteiger charge is 2.52. The predicted octanol–water partition coefficient (Wildman–Crippen LogP) is 7.78. The number of hydrogen-bond donors (Lipinski definition) is 2. The highest BCUT2D eigenvalue weighted by Crippen LogP contribution is 2.48. The Bertz CT molecular complexity index is 2720. The first-order chi connectivity index (χ1) is 28.9. The third kappa shape index (κ3) is 7.44. The fourth-order valence-corrected chi connectivity index (χ4v) is 8.77. The Hall–Kier alpha value is -6.38. The number of nitrogens with one attached hydrogen (secondary N) is 2. The number of piperidine rings is 1. The molecule has 4 amide bonds. The van der Waals surface area contributed by atoms with Crippen molar-refractivity contribution in [3.8, 4) is 11.8 Å². The summed E-state index contributed by atoms with van der Waals surface area (Å²) in [5.41, 5.74) is -2.01. The summed E-state index contributed by atoms with van der Waals surface area (Å²) in [6.07, 6.45) is -1.37. The van der Waals surface area contributed by atoms with Gasteiger partial charge < -0.3 is 24.3 Å². The Morgan fingerprint density at radius 3 is 2.51 bits per heavy atom. The Morgan fingerprint density at radius 2 is 1.82 bits per heavy atom. The Kier molecular flexibility index (Phi) is 10.3. The number of thiocarbonyl (C=S) groups is 1. The van der Waals surface area contributed by atoms with Crippen LogP contribution in [0.15, 0.2) is 77.4 Å². The van der Waals surface area contributed by atoms with Gasteiger partial charge in [0.25, 0.3) is 5.91 Å². The largest absolute Gasteiger partial charge is 0.489 e. The average Bonchev–Trinajstić information content (AvgIpc) is 3.81. The van der Waals surface area contributed by atoms with E-state index in [-0.39, 0.29) is 53.0 Å². The SMILES string of the molecule is CN(CCOc1ccc(N2C(=S)N(c3ccc(C#N)c(C(F)(F)F)c3)C(=O)C2(C)C)cc1F)CC1(C(=O)Nc2cccc3c2ccc2occ(C4CCC(=O)NC4=O)c23)CC1. The Balaban J connectivity index is 0.906. The molecule has 0 spiro atoms. The predicted molar refractivity (Wildman–Crippen MR) is 221 cm³/mol. The van der Waals surface area contributed by atoms with Gasteiger partial charge in [-0.15, -0.1) is 0 Å². The van der Waals surface area contributed by atoms with Gasteiger partial charge in [0, 0.05) is 53.3 Å². The first kappa shape index (κ1) is 41.4. The van der Waals surface area contributed by atoms with Crippen molar-refractivity contribution in [3.05, 3.63) is 95.5 Å². The summed E-state index contributed by atoms with van der Waals surface area (Å²) in [5, 5.41) is 16.9. The van der Waals surface area contributed by atoms with E-state index in [0.717, 1.165) is 33.2 Å². The van der Waals surface area contributed by atoms with Gasteiger partial charge in [0.1, 0.15) is 17.7 Å². The maximum absolute atomic E-state index is 15.6. The quantitative estimate of drug-likeness (QED) is 0.0767. The summed E-state index contributed by atoms with van der Waals surface area (Å²) < 4.78 is 68.4. The number of imide groups is 1. The van der Waals surface area contributed by atoms with Crippen molar-refractivity contribution in [3.63, 3.8) is 0 Å². The van der Waals surface area contributed by atoms with Crippen LogP contribution in [0.5, 0.6) is 5.75 Å². The summed E-state index contributed by atoms with van der Waals surface area (Å²) in [7, 11) is 1.84. The molecule has 1 aromatic heterocycles. The molecule has 12 nitrogen and oxygen atoms in total. The minimum atomic E-state index is -4.86. The highest BCUT2D eigenvalue weighted by atomic mass is 32.1. The van der Waals surface area contributed by atoms with Crippen molar-refractivity contribution in [2.75, 3.05) is 41.9 Å². The van der Waals surface area contributed by atoms with Gasteiger partial charge in [-0.25, -0.2) is 4.39 Å². The minimum absolute atomic E-state index is 0.0735. The number of ether oxygens (including phenoxy) is 1. The van der Waals surface area contributed by atoms with Crippen LogP contribution >= 0.6 is 12.2 Å². The van der Waals surface area contributed by atoms with E-state index in [1.165, 1.54) is 43.0 Å². The number of anilines is 3. The molecule has 2 N–H and O–H groups in total. The molecule has 8 rings (SSSR count). The van der Waals surface area contributed by atoms with Crippen molar-refractivity contribution in [2.45, 2.75) is 57.2 Å². The maximum atomic E-state index is 15.6. The third-order valence-corrected chi connectivity index (χ3v) is 12.0. The zero-order valence-corrected chi connectivity index (χ0v) is 33.9. The van der Waals surface area contributed by atoms with Crippen LogP contribution in [-0.4, -0.2) is 65.9 Å². The molecule has 1 aliphatic carbocycles. The molecule has 1 saturated carbocycles. The number of hydrogen-bond acceptors (Lipinski definition) is 9. The topological polar surface area (TPSA) is 148 Å². The maximum Gasteiger partial charge on any atom is 0.417 e. The van der Waals surface area contributed by atoms with Crippen molar-refractivity contribution in [1.82, 2.24) is 10.2 Å². The molecule has 1 atom stereocenters. The number of fused-ring (bicyclic) bond motifs is 3. The summed E-state index contributed by atoms with van der Waals surface area (Å²) in [4.78, 5) is 56.1. The molecule has 1 unspecified atom stereocenters. The number of carbonyl (C=O) groups excluding carboxylic acids is 4. The zero-order valence-electron chi connectivity index (χ0n) is 33.1. The van der Waals surface area contributed by atoms with Gasteiger partial charge in [-0.1, -0.05) is 12.1 Å². The molecule has 4 aromatic carbocycles. The molecule has 3 heterocycles. The molecular weight excluding hydrogens is 817 g/mol. The van der Waals surface area contributed by atoms with Crippen LogP contribution < -0.4 is 25.2 Å². The first-order valence-corrected chi connectivity index (χ1v) is 19.8. The number of halogens is 4. The normalized spacial score (nSPS) is 18.5. The van der Waals surface area contributed by atoms with E-state index in [0.29, 0.717) is 55.3 Å². The van der Waals surface area contributed by atoms with Gasteiger partial charge in [0.2, 0.25) is 17.7 Å². The number of likely N-dealkylation sites (N-methyl/N-ethyl adjacent to an activating group) is 1. The monoisotopic (exact) mass is 854 g/mol. The van der Waals surface area contributed by atoms with E-state index < -0.39 is 45.9 Å². The molecule has 17 heteroatoms. The van der Waals surface area contributed by atoms with Crippen LogP contribution in [-0.2, 0) is 25.4 Å². The van der Waals surface area contributed by atoms with Gasteiger partial charge in [0.15, 0.2) is 16.7 Å². The number of rotatable bonds is 11. The number of nitriles is 1. The molecule has 3 aliphatic rings. The number of carbonyl (C=O) groups is 4. The average molecular weight is 855 g/mol. The molecular formula is C44H38F4N6O6S. The lowest BCUT2D eigenvalue weighted by molar-refractivity contribution is -0.138. The number of furan rings is 1. The molecule has 2 saturated heterocycles. The van der Waals surface area contributed by atoms with Gasteiger partial charge in [0.05, 0.1) is 40.5 Å². The molecule has 3 fully saturated rings. The number of amides is 4. The molecule has 0 bridgehead atoms. The van der Waals surface area contributed by atoms with Gasteiger partial charge in [-0.3, -0.25) is 29.4 Å². The second kappa shape index (κ2) is 15.3. The van der Waals surface area contributed by atoms with Crippen LogP contribution in [0.25, 0.3) is 21.7 Å². The Labute approximate surface area is 352 Å². The van der Waals surface area contributed by atoms with Gasteiger partial charge >= 0.3 is 6.18 Å². The minimum Gasteiger partial charge on any atom is -0.489 e. The van der Waals surface area contributed by atoms with Crippen LogP contribution in [0, 0.1) is 22.6 Å². The molecule has 2 aliphatic heterocycles. The van der Waals surface area contributed by atoms with E-state index in [1.807, 2.05) is 36.2 Å². The first-order valence-electron chi connectivity index (χ1n) is 19.4. The van der Waals surface area contributed by atoms with E-state index in [1.54, 1.807) is 12.3 Å².